The maximum absolute atomic E-state index is 10.9. The standard InChI is InChI=1S/C15H13BrO4/c1-19-11-4-2-3-10(7-11)9-20-12-5-6-13(15(17)18)14(16)8-12/h2-8H,9H2,1H3,(H,17,18). The molecule has 1 N–H and O–H groups in total. The minimum atomic E-state index is -0.976. The van der Waals surface area contributed by atoms with Crippen LogP contribution in [0.15, 0.2) is 46.9 Å². The minimum Gasteiger partial charge on any atom is -0.497 e. The van der Waals surface area contributed by atoms with Crippen LogP contribution >= 0.6 is 15.9 Å². The summed E-state index contributed by atoms with van der Waals surface area (Å²) in [5.41, 5.74) is 1.18. The van der Waals surface area contributed by atoms with Crippen molar-refractivity contribution in [3.8, 4) is 11.5 Å². The Balaban J connectivity index is 2.07. The zero-order valence-corrected chi connectivity index (χ0v) is 12.4. The van der Waals surface area contributed by atoms with E-state index < -0.39 is 5.97 Å². The van der Waals surface area contributed by atoms with Crippen LogP contribution in [-0.4, -0.2) is 18.2 Å². The van der Waals surface area contributed by atoms with Gasteiger partial charge in [-0.2, -0.15) is 0 Å². The highest BCUT2D eigenvalue weighted by molar-refractivity contribution is 9.10. The van der Waals surface area contributed by atoms with Gasteiger partial charge in [0.1, 0.15) is 18.1 Å². The van der Waals surface area contributed by atoms with Crippen molar-refractivity contribution in [3.05, 3.63) is 58.1 Å². The lowest BCUT2D eigenvalue weighted by Gasteiger charge is -2.09. The summed E-state index contributed by atoms with van der Waals surface area (Å²) in [6, 6.07) is 12.4. The summed E-state index contributed by atoms with van der Waals surface area (Å²) in [7, 11) is 1.61. The molecule has 0 amide bonds. The second-order valence-corrected chi connectivity index (χ2v) is 4.94. The van der Waals surface area contributed by atoms with E-state index in [1.807, 2.05) is 24.3 Å². The van der Waals surface area contributed by atoms with Gasteiger partial charge in [-0.15, -0.1) is 0 Å². The number of carboxylic acids is 1. The lowest BCUT2D eigenvalue weighted by Crippen LogP contribution is -1.99. The van der Waals surface area contributed by atoms with Crippen LogP contribution in [0.2, 0.25) is 0 Å². The molecule has 0 heterocycles. The minimum absolute atomic E-state index is 0.207. The average Bonchev–Trinajstić information content (AvgIpc) is 2.45. The zero-order chi connectivity index (χ0) is 14.5. The second-order valence-electron chi connectivity index (χ2n) is 4.09. The van der Waals surface area contributed by atoms with Crippen LogP contribution in [0.3, 0.4) is 0 Å². The van der Waals surface area contributed by atoms with Crippen molar-refractivity contribution < 1.29 is 19.4 Å². The molecule has 0 saturated heterocycles. The summed E-state index contributed by atoms with van der Waals surface area (Å²) in [6.07, 6.45) is 0. The van der Waals surface area contributed by atoms with Crippen LogP contribution in [0.5, 0.6) is 11.5 Å². The SMILES string of the molecule is COc1cccc(COc2ccc(C(=O)O)c(Br)c2)c1. The van der Waals surface area contributed by atoms with Crippen molar-refractivity contribution in [2.75, 3.05) is 7.11 Å². The Morgan fingerprint density at radius 2 is 2.00 bits per heavy atom. The molecule has 0 bridgehead atoms. The molecule has 2 rings (SSSR count). The van der Waals surface area contributed by atoms with E-state index in [-0.39, 0.29) is 5.56 Å². The predicted molar refractivity (Wildman–Crippen MR) is 78.4 cm³/mol. The summed E-state index contributed by atoms with van der Waals surface area (Å²) >= 11 is 3.22. The maximum atomic E-state index is 10.9. The van der Waals surface area contributed by atoms with E-state index in [4.69, 9.17) is 14.6 Å². The molecule has 0 aliphatic heterocycles. The van der Waals surface area contributed by atoms with Gasteiger partial charge >= 0.3 is 5.97 Å². The summed E-state index contributed by atoms with van der Waals surface area (Å²) in [5, 5.41) is 8.94. The Bertz CT molecular complexity index is 625. The Hall–Kier alpha value is -2.01. The molecule has 5 heteroatoms. The van der Waals surface area contributed by atoms with Crippen LogP contribution < -0.4 is 9.47 Å². The number of hydrogen-bond donors (Lipinski definition) is 1. The number of halogens is 1. The molecule has 2 aromatic carbocycles. The summed E-state index contributed by atoms with van der Waals surface area (Å²) in [4.78, 5) is 10.9. The zero-order valence-electron chi connectivity index (χ0n) is 10.8. The summed E-state index contributed by atoms with van der Waals surface area (Å²) < 4.78 is 11.3. The molecule has 0 aromatic heterocycles. The van der Waals surface area contributed by atoms with Crippen LogP contribution in [0.4, 0.5) is 0 Å². The van der Waals surface area contributed by atoms with E-state index >= 15 is 0 Å². The largest absolute Gasteiger partial charge is 0.497 e. The van der Waals surface area contributed by atoms with Gasteiger partial charge in [0.25, 0.3) is 0 Å². The fraction of sp³-hybridized carbons (Fsp3) is 0.133. The third kappa shape index (κ3) is 3.51. The summed E-state index contributed by atoms with van der Waals surface area (Å²) in [6.45, 7) is 0.385. The molecular weight excluding hydrogens is 324 g/mol. The first-order valence-corrected chi connectivity index (χ1v) is 6.68. The van der Waals surface area contributed by atoms with Gasteiger partial charge in [0.2, 0.25) is 0 Å². The van der Waals surface area contributed by atoms with E-state index in [2.05, 4.69) is 15.9 Å². The van der Waals surface area contributed by atoms with E-state index in [1.54, 1.807) is 19.2 Å². The number of ether oxygens (including phenoxy) is 2. The monoisotopic (exact) mass is 336 g/mol. The lowest BCUT2D eigenvalue weighted by atomic mass is 10.2. The normalized spacial score (nSPS) is 10.1. The van der Waals surface area contributed by atoms with Gasteiger partial charge in [0.15, 0.2) is 0 Å². The number of benzene rings is 2. The highest BCUT2D eigenvalue weighted by Gasteiger charge is 2.09. The van der Waals surface area contributed by atoms with Gasteiger partial charge in [0, 0.05) is 4.47 Å². The van der Waals surface area contributed by atoms with Crippen LogP contribution in [-0.2, 0) is 6.61 Å². The number of hydrogen-bond acceptors (Lipinski definition) is 3. The summed E-state index contributed by atoms with van der Waals surface area (Å²) in [5.74, 6) is 0.398. The Kier molecular flexibility index (Phi) is 4.63. The number of methoxy groups -OCH3 is 1. The van der Waals surface area contributed by atoms with Crippen LogP contribution in [0, 0.1) is 0 Å². The molecule has 2 aromatic rings. The first kappa shape index (κ1) is 14.4. The van der Waals surface area contributed by atoms with Gasteiger partial charge < -0.3 is 14.6 Å². The second kappa shape index (κ2) is 6.43. The van der Waals surface area contributed by atoms with Crippen molar-refractivity contribution >= 4 is 21.9 Å². The first-order chi connectivity index (χ1) is 9.60. The van der Waals surface area contributed by atoms with Gasteiger partial charge in [-0.1, -0.05) is 12.1 Å². The molecule has 20 heavy (non-hydrogen) atoms. The number of aromatic carboxylic acids is 1. The van der Waals surface area contributed by atoms with Crippen molar-refractivity contribution in [3.63, 3.8) is 0 Å². The number of rotatable bonds is 5. The molecule has 104 valence electrons. The van der Waals surface area contributed by atoms with Gasteiger partial charge in [0.05, 0.1) is 12.7 Å². The molecule has 0 aliphatic carbocycles. The highest BCUT2D eigenvalue weighted by Crippen LogP contribution is 2.24. The Morgan fingerprint density at radius 3 is 2.65 bits per heavy atom. The Labute approximate surface area is 125 Å². The molecule has 0 unspecified atom stereocenters. The quantitative estimate of drug-likeness (QED) is 0.903. The third-order valence-corrected chi connectivity index (χ3v) is 3.37. The molecule has 0 radical (unpaired) electrons. The third-order valence-electron chi connectivity index (χ3n) is 2.71. The molecule has 0 aliphatic rings. The highest BCUT2D eigenvalue weighted by atomic mass is 79.9. The molecular formula is C15H13BrO4. The topological polar surface area (TPSA) is 55.8 Å². The van der Waals surface area contributed by atoms with Gasteiger partial charge in [-0.05, 0) is 51.8 Å². The number of carboxylic acid groups (broad SMARTS) is 1. The van der Waals surface area contributed by atoms with Crippen LogP contribution in [0.25, 0.3) is 0 Å². The van der Waals surface area contributed by atoms with Crippen molar-refractivity contribution in [1.29, 1.82) is 0 Å². The average molecular weight is 337 g/mol. The fourth-order valence-electron chi connectivity index (χ4n) is 1.69. The fourth-order valence-corrected chi connectivity index (χ4v) is 2.22. The Morgan fingerprint density at radius 1 is 1.20 bits per heavy atom. The van der Waals surface area contributed by atoms with Gasteiger partial charge in [-0.25, -0.2) is 4.79 Å². The van der Waals surface area contributed by atoms with Crippen molar-refractivity contribution in [2.24, 2.45) is 0 Å². The predicted octanol–water partition coefficient (Wildman–Crippen LogP) is 3.73. The van der Waals surface area contributed by atoms with Gasteiger partial charge in [-0.3, -0.25) is 0 Å². The smallest absolute Gasteiger partial charge is 0.336 e. The van der Waals surface area contributed by atoms with Crippen molar-refractivity contribution in [2.45, 2.75) is 6.61 Å². The molecule has 0 saturated carbocycles. The molecule has 0 atom stereocenters. The lowest BCUT2D eigenvalue weighted by molar-refractivity contribution is 0.0696. The van der Waals surface area contributed by atoms with Crippen molar-refractivity contribution in [1.82, 2.24) is 0 Å². The molecule has 4 nitrogen and oxygen atoms in total. The maximum Gasteiger partial charge on any atom is 0.336 e. The first-order valence-electron chi connectivity index (χ1n) is 5.88. The number of carbonyl (C=O) groups is 1. The van der Waals surface area contributed by atoms with E-state index in [9.17, 15) is 4.79 Å². The van der Waals surface area contributed by atoms with E-state index in [0.717, 1.165) is 11.3 Å². The molecule has 0 fully saturated rings. The van der Waals surface area contributed by atoms with Crippen LogP contribution in [0.1, 0.15) is 15.9 Å². The molecule has 0 spiro atoms. The van der Waals surface area contributed by atoms with E-state index in [1.165, 1.54) is 6.07 Å². The van der Waals surface area contributed by atoms with E-state index in [0.29, 0.717) is 16.8 Å².